The molecule has 1 aromatic rings. The summed E-state index contributed by atoms with van der Waals surface area (Å²) in [5.74, 6) is -0.567. The molecule has 0 radical (unpaired) electrons. The van der Waals surface area contributed by atoms with Crippen LogP contribution in [0, 0.1) is 5.53 Å². The number of carbonyl (C=O) groups is 1. The van der Waals surface area contributed by atoms with Crippen molar-refractivity contribution in [3.63, 3.8) is 0 Å². The molecule has 0 saturated heterocycles. The van der Waals surface area contributed by atoms with Crippen LogP contribution in [-0.4, -0.2) is 29.3 Å². The normalized spacial score (nSPS) is 13.6. The Balaban J connectivity index is 0.00000162. The number of hydrogen-bond acceptors (Lipinski definition) is 5. The molecule has 86 valence electrons. The zero-order chi connectivity index (χ0) is 12.6. The molecule has 0 fully saturated rings. The minimum Gasteiger partial charge on any atom is -0.744 e. The number of ketones is 1. The Labute approximate surface area is 125 Å². The fraction of sp³-hybridized carbons (Fsp3) is 0. The Morgan fingerprint density at radius 2 is 1.89 bits per heavy atom. The Kier molecular flexibility index (Phi) is 4.39. The quantitative estimate of drug-likeness (QED) is 0.263. The van der Waals surface area contributed by atoms with Crippen LogP contribution in [0.1, 0.15) is 15.9 Å². The summed E-state index contributed by atoms with van der Waals surface area (Å²) in [6.45, 7) is 0. The van der Waals surface area contributed by atoms with Crippen molar-refractivity contribution in [3.05, 3.63) is 35.4 Å². The van der Waals surface area contributed by atoms with Crippen LogP contribution < -0.4 is 29.6 Å². The Hall–Kier alpha value is -1.08. The third-order valence-corrected chi connectivity index (χ3v) is 3.24. The van der Waals surface area contributed by atoms with Crippen molar-refractivity contribution in [2.75, 3.05) is 0 Å². The molecule has 0 aromatic heterocycles. The van der Waals surface area contributed by atoms with Gasteiger partial charge in [-0.2, -0.15) is 0 Å². The van der Waals surface area contributed by atoms with E-state index in [-0.39, 0.29) is 46.4 Å². The Morgan fingerprint density at radius 3 is 2.44 bits per heavy atom. The number of nitrogens with one attached hydrogen (secondary N) is 1. The molecule has 1 aliphatic carbocycles. The molecule has 1 aliphatic rings. The van der Waals surface area contributed by atoms with Crippen molar-refractivity contribution in [1.29, 1.82) is 5.53 Å². The molecule has 0 spiro atoms. The molecule has 18 heavy (non-hydrogen) atoms. The van der Waals surface area contributed by atoms with Gasteiger partial charge in [0.25, 0.3) is 5.78 Å². The fourth-order valence-corrected chi connectivity index (χ4v) is 2.29. The summed E-state index contributed by atoms with van der Waals surface area (Å²) in [5, 5.41) is 0. The first kappa shape index (κ1) is 15.0. The number of fused-ring (bicyclic) bond motifs is 1. The first-order valence-electron chi connectivity index (χ1n) is 4.51. The predicted octanol–water partition coefficient (Wildman–Crippen LogP) is -2.52. The van der Waals surface area contributed by atoms with Gasteiger partial charge in [0.15, 0.2) is 0 Å². The van der Waals surface area contributed by atoms with Crippen LogP contribution in [0.3, 0.4) is 0 Å². The van der Waals surface area contributed by atoms with Crippen LogP contribution in [-0.2, 0) is 10.1 Å². The van der Waals surface area contributed by atoms with Crippen LogP contribution in [0.25, 0.3) is 6.08 Å². The average molecular weight is 273 g/mol. The maximum atomic E-state index is 11.7. The van der Waals surface area contributed by atoms with Crippen molar-refractivity contribution < 1.29 is 52.1 Å². The van der Waals surface area contributed by atoms with Gasteiger partial charge in [0, 0.05) is 17.2 Å². The summed E-state index contributed by atoms with van der Waals surface area (Å²) in [6, 6.07) is 3.84. The van der Waals surface area contributed by atoms with Gasteiger partial charge in [-0.05, 0) is 12.1 Å². The third-order valence-electron chi connectivity index (χ3n) is 2.34. The topological polar surface area (TPSA) is 112 Å². The van der Waals surface area contributed by atoms with Crippen LogP contribution in [0.4, 0.5) is 0 Å². The molecular formula is C10H6N2NaO4S+. The van der Waals surface area contributed by atoms with E-state index in [2.05, 4.69) is 4.79 Å². The second-order valence-corrected chi connectivity index (χ2v) is 4.68. The zero-order valence-corrected chi connectivity index (χ0v) is 12.2. The van der Waals surface area contributed by atoms with Gasteiger partial charge in [0.2, 0.25) is 0 Å². The molecule has 0 heterocycles. The number of nitrogens with zero attached hydrogens (tertiary/aromatic N) is 1. The van der Waals surface area contributed by atoms with Crippen LogP contribution in [0.15, 0.2) is 29.2 Å². The van der Waals surface area contributed by atoms with E-state index >= 15 is 0 Å². The first-order chi connectivity index (χ1) is 7.95. The smallest absolute Gasteiger partial charge is 0.744 e. The van der Waals surface area contributed by atoms with E-state index in [1.54, 1.807) is 0 Å². The van der Waals surface area contributed by atoms with Crippen molar-refractivity contribution in [2.24, 2.45) is 0 Å². The van der Waals surface area contributed by atoms with E-state index in [1.807, 2.05) is 0 Å². The van der Waals surface area contributed by atoms with E-state index in [0.29, 0.717) is 0 Å². The van der Waals surface area contributed by atoms with Gasteiger partial charge in [0.05, 0.1) is 15.2 Å². The van der Waals surface area contributed by atoms with Gasteiger partial charge in [0.1, 0.15) is 10.1 Å². The molecule has 6 nitrogen and oxygen atoms in total. The number of allylic oxidation sites excluding steroid dienone is 1. The van der Waals surface area contributed by atoms with Gasteiger partial charge in [-0.15, -0.1) is 0 Å². The van der Waals surface area contributed by atoms with E-state index in [9.17, 15) is 17.8 Å². The molecule has 0 amide bonds. The summed E-state index contributed by atoms with van der Waals surface area (Å²) >= 11 is 0. The van der Waals surface area contributed by atoms with Gasteiger partial charge < -0.3 is 4.55 Å². The van der Waals surface area contributed by atoms with E-state index in [4.69, 9.17) is 5.53 Å². The second-order valence-electron chi connectivity index (χ2n) is 3.33. The van der Waals surface area contributed by atoms with Crippen molar-refractivity contribution in [2.45, 2.75) is 4.90 Å². The van der Waals surface area contributed by atoms with E-state index < -0.39 is 20.8 Å². The number of Topliss-reactive ketones (excluding diaryl/α,β-unsaturated/α-hetero) is 1. The van der Waals surface area contributed by atoms with E-state index in [1.165, 1.54) is 24.3 Å². The summed E-state index contributed by atoms with van der Waals surface area (Å²) in [7, 11) is -4.63. The van der Waals surface area contributed by atoms with Crippen LogP contribution in [0.5, 0.6) is 0 Å². The SMILES string of the molecule is N=[N+]=C1C=Cc2c(cccc2S(=O)(=O)[O-])C1=O.[Na+]. The number of rotatable bonds is 1. The molecule has 0 saturated carbocycles. The van der Waals surface area contributed by atoms with Crippen LogP contribution in [0.2, 0.25) is 0 Å². The average Bonchev–Trinajstić information content (AvgIpc) is 2.28. The molecule has 1 aromatic carbocycles. The molecule has 8 heteroatoms. The Bertz CT molecular complexity index is 703. The molecule has 0 unspecified atom stereocenters. The largest absolute Gasteiger partial charge is 1.00 e. The predicted molar refractivity (Wildman–Crippen MR) is 55.8 cm³/mol. The summed E-state index contributed by atoms with van der Waals surface area (Å²) < 4.78 is 33.0. The van der Waals surface area contributed by atoms with Crippen molar-refractivity contribution in [1.82, 2.24) is 0 Å². The van der Waals surface area contributed by atoms with E-state index in [0.717, 1.165) is 6.07 Å². The maximum absolute atomic E-state index is 11.7. The van der Waals surface area contributed by atoms with Gasteiger partial charge >= 0.3 is 35.3 Å². The van der Waals surface area contributed by atoms with Gasteiger partial charge in [-0.1, -0.05) is 12.1 Å². The maximum Gasteiger partial charge on any atom is 1.00 e. The standard InChI is InChI=1S/C10H6N2O4S.Na/c11-12-8-5-4-6-7(10(8)13)2-1-3-9(6)17(14,15)16;/h1-5,11H;/q;+1. The summed E-state index contributed by atoms with van der Waals surface area (Å²) in [5.41, 5.74) is 6.80. The fourth-order valence-electron chi connectivity index (χ4n) is 1.60. The zero-order valence-electron chi connectivity index (χ0n) is 9.38. The van der Waals surface area contributed by atoms with Crippen molar-refractivity contribution in [3.8, 4) is 0 Å². The monoisotopic (exact) mass is 273 g/mol. The first-order valence-corrected chi connectivity index (χ1v) is 5.92. The minimum absolute atomic E-state index is 0. The molecule has 2 rings (SSSR count). The summed E-state index contributed by atoms with van der Waals surface area (Å²) in [4.78, 5) is 14.3. The molecule has 0 atom stereocenters. The third kappa shape index (κ3) is 2.51. The van der Waals surface area contributed by atoms with Crippen LogP contribution >= 0.6 is 0 Å². The number of hydrogen-bond donors (Lipinski definition) is 1. The molecule has 0 bridgehead atoms. The summed E-state index contributed by atoms with van der Waals surface area (Å²) in [6.07, 6.45) is 2.52. The molecule has 1 N–H and O–H groups in total. The second kappa shape index (κ2) is 5.27. The number of carbonyl (C=O) groups excluding carboxylic acids is 1. The number of benzene rings is 1. The molecular weight excluding hydrogens is 267 g/mol. The van der Waals surface area contributed by atoms with Crippen molar-refractivity contribution >= 4 is 27.7 Å². The van der Waals surface area contributed by atoms with Gasteiger partial charge in [-0.3, -0.25) is 4.79 Å². The van der Waals surface area contributed by atoms with Gasteiger partial charge in [-0.25, -0.2) is 8.42 Å². The minimum atomic E-state index is -4.63. The Morgan fingerprint density at radius 1 is 1.22 bits per heavy atom. The molecule has 0 aliphatic heterocycles.